The molecule has 1 saturated carbocycles. The molecule has 2 unspecified atom stereocenters. The van der Waals surface area contributed by atoms with Gasteiger partial charge in [-0.05, 0) is 58.9 Å². The molecule has 43 heavy (non-hydrogen) atoms. The van der Waals surface area contributed by atoms with Gasteiger partial charge in [-0.2, -0.15) is 0 Å². The number of halogens is 1. The predicted molar refractivity (Wildman–Crippen MR) is 160 cm³/mol. The second-order valence-corrected chi connectivity index (χ2v) is 12.8. The van der Waals surface area contributed by atoms with Crippen molar-refractivity contribution in [1.82, 2.24) is 14.8 Å². The molecular weight excluding hydrogens is 559 g/mol. The van der Waals surface area contributed by atoms with Crippen LogP contribution in [0.2, 0.25) is 0 Å². The van der Waals surface area contributed by atoms with Crippen LogP contribution in [0.3, 0.4) is 0 Å². The van der Waals surface area contributed by atoms with Crippen LogP contribution in [0.1, 0.15) is 77.2 Å². The summed E-state index contributed by atoms with van der Waals surface area (Å²) in [6.45, 7) is 12.0. The first kappa shape index (κ1) is 32.1. The van der Waals surface area contributed by atoms with E-state index in [1.165, 1.54) is 20.4 Å². The van der Waals surface area contributed by atoms with Gasteiger partial charge < -0.3 is 33.9 Å². The van der Waals surface area contributed by atoms with Crippen molar-refractivity contribution >= 4 is 34.6 Å². The van der Waals surface area contributed by atoms with Gasteiger partial charge in [-0.3, -0.25) is 9.59 Å². The van der Waals surface area contributed by atoms with Crippen LogP contribution in [-0.4, -0.2) is 79.0 Å². The van der Waals surface area contributed by atoms with Crippen LogP contribution in [-0.2, 0) is 14.3 Å². The zero-order valence-corrected chi connectivity index (χ0v) is 26.3. The number of hydrogen-bond acceptors (Lipinski definition) is 8. The Morgan fingerprint density at radius 1 is 1.14 bits per heavy atom. The van der Waals surface area contributed by atoms with Crippen LogP contribution in [0.5, 0.6) is 5.75 Å². The lowest BCUT2D eigenvalue weighted by Gasteiger charge is -2.42. The Kier molecular flexibility index (Phi) is 9.27. The molecule has 1 N–H and O–H groups in total. The number of esters is 1. The molecule has 2 heterocycles. The second-order valence-electron chi connectivity index (χ2n) is 12.8. The highest BCUT2D eigenvalue weighted by molar-refractivity contribution is 5.98. The van der Waals surface area contributed by atoms with Crippen molar-refractivity contribution in [3.63, 3.8) is 0 Å². The normalized spacial score (nSPS) is 18.0. The van der Waals surface area contributed by atoms with Crippen LogP contribution in [0.15, 0.2) is 17.1 Å². The van der Waals surface area contributed by atoms with Crippen molar-refractivity contribution in [2.24, 2.45) is 5.92 Å². The summed E-state index contributed by atoms with van der Waals surface area (Å²) < 4.78 is 33.7. The Morgan fingerprint density at radius 2 is 1.81 bits per heavy atom. The highest BCUT2D eigenvalue weighted by Gasteiger charge is 2.37. The van der Waals surface area contributed by atoms with Gasteiger partial charge in [0.05, 0.1) is 25.1 Å². The average Bonchev–Trinajstić information content (AvgIpc) is 3.76. The summed E-state index contributed by atoms with van der Waals surface area (Å²) in [7, 11) is 2.62. The third-order valence-electron chi connectivity index (χ3n) is 7.67. The van der Waals surface area contributed by atoms with Gasteiger partial charge in [-0.15, -0.1) is 0 Å². The maximum atomic E-state index is 15.9. The Labute approximate surface area is 251 Å². The van der Waals surface area contributed by atoms with Crippen LogP contribution >= 0.6 is 0 Å². The van der Waals surface area contributed by atoms with E-state index in [9.17, 15) is 19.2 Å². The molecule has 0 spiro atoms. The minimum Gasteiger partial charge on any atom is -0.492 e. The molecule has 1 aliphatic heterocycles. The van der Waals surface area contributed by atoms with E-state index in [1.807, 2.05) is 30.2 Å². The van der Waals surface area contributed by atoms with Gasteiger partial charge in [0, 0.05) is 37.9 Å². The van der Waals surface area contributed by atoms with Gasteiger partial charge in [-0.25, -0.2) is 14.0 Å². The minimum atomic E-state index is -0.781. The number of anilines is 1. The number of carbonyl (C=O) groups excluding carboxylic acids is 3. The van der Waals surface area contributed by atoms with Crippen LogP contribution in [0, 0.1) is 11.7 Å². The fourth-order valence-electron chi connectivity index (χ4n) is 5.66. The lowest BCUT2D eigenvalue weighted by atomic mass is 10.0. The van der Waals surface area contributed by atoms with E-state index in [2.05, 4.69) is 5.32 Å². The van der Waals surface area contributed by atoms with E-state index in [-0.39, 0.29) is 52.8 Å². The highest BCUT2D eigenvalue weighted by atomic mass is 19.1. The van der Waals surface area contributed by atoms with Crippen molar-refractivity contribution < 1.29 is 33.0 Å². The molecule has 236 valence electrons. The van der Waals surface area contributed by atoms with Crippen molar-refractivity contribution in [1.29, 1.82) is 0 Å². The zero-order chi connectivity index (χ0) is 31.8. The quantitative estimate of drug-likeness (QED) is 0.446. The molecule has 2 aromatic rings. The smallest absolute Gasteiger partial charge is 0.408 e. The number of alkyl carbamates (subject to hydrolysis) is 1. The summed E-state index contributed by atoms with van der Waals surface area (Å²) in [5, 5.41) is 2.79. The van der Waals surface area contributed by atoms with Gasteiger partial charge >= 0.3 is 12.1 Å². The van der Waals surface area contributed by atoms with Crippen molar-refractivity contribution in [2.45, 2.75) is 84.5 Å². The number of benzene rings is 1. The second kappa shape index (κ2) is 12.4. The first-order valence-electron chi connectivity index (χ1n) is 14.7. The third kappa shape index (κ3) is 6.88. The van der Waals surface area contributed by atoms with E-state index < -0.39 is 35.0 Å². The molecule has 11 nitrogen and oxygen atoms in total. The number of ether oxygens (including phenoxy) is 3. The maximum absolute atomic E-state index is 15.9. The van der Waals surface area contributed by atoms with Crippen LogP contribution in [0.4, 0.5) is 14.9 Å². The lowest BCUT2D eigenvalue weighted by molar-refractivity contribution is -0.136. The van der Waals surface area contributed by atoms with Gasteiger partial charge in [0.25, 0.3) is 0 Å². The predicted octanol–water partition coefficient (Wildman–Crippen LogP) is 4.25. The number of hydrogen-bond donors (Lipinski definition) is 1. The number of nitrogens with zero attached hydrogens (tertiary/aromatic N) is 3. The molecule has 1 aromatic carbocycles. The molecule has 2 fully saturated rings. The number of piperazine rings is 1. The first-order chi connectivity index (χ1) is 20.2. The van der Waals surface area contributed by atoms with E-state index in [4.69, 9.17) is 14.2 Å². The number of carbonyl (C=O) groups is 3. The number of nitrogens with one attached hydrogen (secondary N) is 1. The SMILES string of the molecule is COC(=O)c1cn(C2CC2)c2c(OC)c(N3CCN(C(=O)C(CC(C)C)NC(=O)OC(C)(C)C)C(C)C3)c(F)cc2c1=O. The molecule has 2 aliphatic rings. The Morgan fingerprint density at radius 3 is 2.35 bits per heavy atom. The highest BCUT2D eigenvalue weighted by Crippen LogP contribution is 2.44. The number of rotatable bonds is 8. The molecule has 0 radical (unpaired) electrons. The maximum Gasteiger partial charge on any atom is 0.408 e. The summed E-state index contributed by atoms with van der Waals surface area (Å²) in [6.07, 6.45) is 2.95. The number of methoxy groups -OCH3 is 2. The van der Waals surface area contributed by atoms with E-state index in [1.54, 1.807) is 25.7 Å². The Hall–Kier alpha value is -3.83. The van der Waals surface area contributed by atoms with E-state index >= 15 is 4.39 Å². The number of pyridine rings is 1. The molecular formula is C31H43FN4O7. The summed E-state index contributed by atoms with van der Waals surface area (Å²) >= 11 is 0. The van der Waals surface area contributed by atoms with Crippen LogP contribution in [0.25, 0.3) is 10.9 Å². The summed E-state index contributed by atoms with van der Waals surface area (Å²) in [4.78, 5) is 55.4. The number of aromatic nitrogens is 1. The molecule has 12 heteroatoms. The van der Waals surface area contributed by atoms with Crippen molar-refractivity contribution in [3.05, 3.63) is 33.9 Å². The van der Waals surface area contributed by atoms with Crippen molar-refractivity contribution in [2.75, 3.05) is 38.8 Å². The number of fused-ring (bicyclic) bond motifs is 1. The minimum absolute atomic E-state index is 0.0412. The molecule has 2 amide bonds. The third-order valence-corrected chi connectivity index (χ3v) is 7.67. The molecule has 2 atom stereocenters. The number of amides is 2. The fourth-order valence-corrected chi connectivity index (χ4v) is 5.66. The largest absolute Gasteiger partial charge is 0.492 e. The fraction of sp³-hybridized carbons (Fsp3) is 0.613. The van der Waals surface area contributed by atoms with Crippen LogP contribution < -0.4 is 20.4 Å². The molecule has 1 aromatic heterocycles. The molecule has 1 saturated heterocycles. The Bertz CT molecular complexity index is 1460. The van der Waals surface area contributed by atoms with Gasteiger partial charge in [0.1, 0.15) is 22.9 Å². The average molecular weight is 603 g/mol. The summed E-state index contributed by atoms with van der Waals surface area (Å²) in [5.74, 6) is -1.33. The Balaban J connectivity index is 1.65. The van der Waals surface area contributed by atoms with E-state index in [0.29, 0.717) is 25.0 Å². The molecule has 4 rings (SSSR count). The monoisotopic (exact) mass is 602 g/mol. The topological polar surface area (TPSA) is 119 Å². The summed E-state index contributed by atoms with van der Waals surface area (Å²) in [6, 6.07) is 0.102. The molecule has 0 bridgehead atoms. The van der Waals surface area contributed by atoms with Crippen molar-refractivity contribution in [3.8, 4) is 5.75 Å². The molecule has 1 aliphatic carbocycles. The lowest BCUT2D eigenvalue weighted by Crippen LogP contribution is -2.59. The van der Waals surface area contributed by atoms with Gasteiger partial charge in [0.15, 0.2) is 11.6 Å². The van der Waals surface area contributed by atoms with E-state index in [0.717, 1.165) is 18.9 Å². The first-order valence-corrected chi connectivity index (χ1v) is 14.7. The zero-order valence-electron chi connectivity index (χ0n) is 26.3. The standard InChI is InChI=1S/C31H43FN4O7/c1-17(2)13-23(33-30(40)43-31(4,5)6)28(38)35-12-11-34(15-18(35)3)25-22(32)14-20-24(27(25)41-7)36(19-9-10-19)16-21(26(20)37)29(39)42-8/h14,16-19,23H,9-13,15H2,1-8H3,(H,33,40). The summed E-state index contributed by atoms with van der Waals surface area (Å²) in [5.41, 5.74) is -0.876. The van der Waals surface area contributed by atoms with Gasteiger partial charge in [-0.1, -0.05) is 13.8 Å². The van der Waals surface area contributed by atoms with Gasteiger partial charge in [0.2, 0.25) is 11.3 Å².